The molecule has 0 spiro atoms. The predicted molar refractivity (Wildman–Crippen MR) is 142 cm³/mol. The first-order chi connectivity index (χ1) is 17.6. The lowest BCUT2D eigenvalue weighted by Crippen LogP contribution is -2.40. The number of carbonyl (C=O) groups excluding carboxylic acids is 2. The molecule has 5 rings (SSSR count). The first kappa shape index (κ1) is 23.8. The number of thiophene rings is 1. The van der Waals surface area contributed by atoms with Gasteiger partial charge < -0.3 is 14.5 Å². The van der Waals surface area contributed by atoms with Gasteiger partial charge in [-0.1, -0.05) is 72.8 Å². The summed E-state index contributed by atoms with van der Waals surface area (Å²) in [4.78, 5) is 30.5. The predicted octanol–water partition coefficient (Wildman–Crippen LogP) is 5.57. The quantitative estimate of drug-likeness (QED) is 0.336. The van der Waals surface area contributed by atoms with E-state index < -0.39 is 0 Å². The smallest absolute Gasteiger partial charge is 0.264 e. The fraction of sp³-hybridized carbons (Fsp3) is 0.200. The van der Waals surface area contributed by atoms with Gasteiger partial charge in [-0.05, 0) is 52.3 Å². The number of likely N-dealkylation sites (N-methyl/N-ethyl adjacent to an activating group) is 1. The van der Waals surface area contributed by atoms with E-state index in [1.165, 1.54) is 16.9 Å². The lowest BCUT2D eigenvalue weighted by atomic mass is 9.88. The van der Waals surface area contributed by atoms with Crippen molar-refractivity contribution in [2.24, 2.45) is 0 Å². The lowest BCUT2D eigenvalue weighted by Gasteiger charge is -2.37. The fourth-order valence-corrected chi connectivity index (χ4v) is 5.32. The summed E-state index contributed by atoms with van der Waals surface area (Å²) in [6.07, 6.45) is 0.773. The summed E-state index contributed by atoms with van der Waals surface area (Å²) >= 11 is 1.46. The third-order valence-electron chi connectivity index (χ3n) is 6.50. The van der Waals surface area contributed by atoms with Crippen LogP contribution in [-0.2, 0) is 17.8 Å². The van der Waals surface area contributed by atoms with E-state index >= 15 is 0 Å². The van der Waals surface area contributed by atoms with Crippen molar-refractivity contribution in [2.75, 3.05) is 20.2 Å². The Kier molecular flexibility index (Phi) is 7.14. The van der Waals surface area contributed by atoms with Gasteiger partial charge in [0, 0.05) is 20.1 Å². The Morgan fingerprint density at radius 2 is 1.72 bits per heavy atom. The van der Waals surface area contributed by atoms with Crippen LogP contribution in [0.15, 0.2) is 96.4 Å². The van der Waals surface area contributed by atoms with Crippen LogP contribution in [0.3, 0.4) is 0 Å². The number of fused-ring (bicyclic) bond motifs is 1. The number of benzene rings is 3. The van der Waals surface area contributed by atoms with Crippen LogP contribution in [0.5, 0.6) is 5.75 Å². The van der Waals surface area contributed by atoms with Gasteiger partial charge in [-0.25, -0.2) is 0 Å². The average Bonchev–Trinajstić information content (AvgIpc) is 3.47. The van der Waals surface area contributed by atoms with Gasteiger partial charge in [0.05, 0.1) is 10.9 Å². The van der Waals surface area contributed by atoms with Crippen LogP contribution in [0, 0.1) is 0 Å². The zero-order valence-corrected chi connectivity index (χ0v) is 21.0. The fourth-order valence-electron chi connectivity index (χ4n) is 4.64. The van der Waals surface area contributed by atoms with Gasteiger partial charge in [-0.2, -0.15) is 0 Å². The molecule has 0 fully saturated rings. The van der Waals surface area contributed by atoms with Crippen LogP contribution in [0.4, 0.5) is 0 Å². The van der Waals surface area contributed by atoms with Gasteiger partial charge in [0.25, 0.3) is 11.8 Å². The number of carbonyl (C=O) groups is 2. The first-order valence-electron chi connectivity index (χ1n) is 12.0. The molecule has 2 amide bonds. The summed E-state index contributed by atoms with van der Waals surface area (Å²) in [5, 5.41) is 1.93. The minimum absolute atomic E-state index is 0.0357. The SMILES string of the molecule is CN(Cc1ccccc1)C(=O)COc1ccc2c(c1)C(c1ccccc1)N(C(=O)c1cccs1)CC2. The summed E-state index contributed by atoms with van der Waals surface area (Å²) in [6.45, 7) is 1.13. The Hall–Kier alpha value is -3.90. The highest BCUT2D eigenvalue weighted by Crippen LogP contribution is 2.38. The molecule has 0 bridgehead atoms. The van der Waals surface area contributed by atoms with E-state index in [0.29, 0.717) is 18.8 Å². The molecule has 36 heavy (non-hydrogen) atoms. The maximum Gasteiger partial charge on any atom is 0.264 e. The van der Waals surface area contributed by atoms with E-state index in [0.717, 1.165) is 28.0 Å². The summed E-state index contributed by atoms with van der Waals surface area (Å²) in [6, 6.07) is 29.5. The molecule has 0 N–H and O–H groups in total. The van der Waals surface area contributed by atoms with Crippen molar-refractivity contribution in [3.05, 3.63) is 124 Å². The van der Waals surface area contributed by atoms with E-state index in [2.05, 4.69) is 18.2 Å². The number of rotatable bonds is 7. The van der Waals surface area contributed by atoms with Gasteiger partial charge in [0.2, 0.25) is 0 Å². The van der Waals surface area contributed by atoms with Crippen LogP contribution < -0.4 is 4.74 Å². The Bertz CT molecular complexity index is 1320. The molecule has 2 heterocycles. The zero-order valence-electron chi connectivity index (χ0n) is 20.2. The van der Waals surface area contributed by atoms with Crippen molar-refractivity contribution in [1.82, 2.24) is 9.80 Å². The second-order valence-electron chi connectivity index (χ2n) is 8.92. The molecule has 3 aromatic carbocycles. The van der Waals surface area contributed by atoms with Crippen LogP contribution >= 0.6 is 11.3 Å². The molecule has 1 atom stereocenters. The highest BCUT2D eigenvalue weighted by Gasteiger charge is 2.33. The number of amides is 2. The topological polar surface area (TPSA) is 49.9 Å². The van der Waals surface area contributed by atoms with E-state index in [1.54, 1.807) is 11.9 Å². The molecule has 5 nitrogen and oxygen atoms in total. The summed E-state index contributed by atoms with van der Waals surface area (Å²) in [5.74, 6) is 0.570. The Balaban J connectivity index is 1.37. The normalized spacial score (nSPS) is 14.7. The van der Waals surface area contributed by atoms with Crippen molar-refractivity contribution in [3.8, 4) is 5.75 Å². The third-order valence-corrected chi connectivity index (χ3v) is 7.36. The van der Waals surface area contributed by atoms with Crippen LogP contribution in [-0.4, -0.2) is 41.8 Å². The molecule has 1 aliphatic rings. The van der Waals surface area contributed by atoms with Gasteiger partial charge in [-0.3, -0.25) is 9.59 Å². The van der Waals surface area contributed by atoms with Gasteiger partial charge in [0.15, 0.2) is 6.61 Å². The molecule has 0 saturated carbocycles. The molecule has 0 saturated heterocycles. The summed E-state index contributed by atoms with van der Waals surface area (Å²) in [5.41, 5.74) is 4.36. The summed E-state index contributed by atoms with van der Waals surface area (Å²) in [7, 11) is 1.78. The van der Waals surface area contributed by atoms with Crippen molar-refractivity contribution < 1.29 is 14.3 Å². The van der Waals surface area contributed by atoms with E-state index in [9.17, 15) is 9.59 Å². The molecule has 1 unspecified atom stereocenters. The van der Waals surface area contributed by atoms with Crippen LogP contribution in [0.2, 0.25) is 0 Å². The van der Waals surface area contributed by atoms with Gasteiger partial charge >= 0.3 is 0 Å². The maximum absolute atomic E-state index is 13.4. The maximum atomic E-state index is 13.4. The second kappa shape index (κ2) is 10.8. The molecule has 0 aliphatic carbocycles. The zero-order chi connectivity index (χ0) is 24.9. The highest BCUT2D eigenvalue weighted by atomic mass is 32.1. The molecule has 182 valence electrons. The highest BCUT2D eigenvalue weighted by molar-refractivity contribution is 7.12. The van der Waals surface area contributed by atoms with E-state index in [-0.39, 0.29) is 24.5 Å². The van der Waals surface area contributed by atoms with Crippen molar-refractivity contribution in [3.63, 3.8) is 0 Å². The monoisotopic (exact) mass is 496 g/mol. The summed E-state index contributed by atoms with van der Waals surface area (Å²) < 4.78 is 5.95. The Morgan fingerprint density at radius 3 is 2.44 bits per heavy atom. The largest absolute Gasteiger partial charge is 0.484 e. The van der Waals surface area contributed by atoms with Crippen LogP contribution in [0.25, 0.3) is 0 Å². The molecule has 1 aliphatic heterocycles. The standard InChI is InChI=1S/C30H28N2O3S/c1-31(20-22-9-4-2-5-10-22)28(33)21-35-25-15-14-23-16-17-32(30(34)27-13-8-18-36-27)29(26(23)19-25)24-11-6-3-7-12-24/h2-15,18-19,29H,16-17,20-21H2,1H3. The van der Waals surface area contributed by atoms with Crippen molar-refractivity contribution >= 4 is 23.2 Å². The average molecular weight is 497 g/mol. The van der Waals surface area contributed by atoms with Gasteiger partial charge in [-0.15, -0.1) is 11.3 Å². The number of ether oxygens (including phenoxy) is 1. The lowest BCUT2D eigenvalue weighted by molar-refractivity contribution is -0.132. The number of hydrogen-bond acceptors (Lipinski definition) is 4. The van der Waals surface area contributed by atoms with Crippen molar-refractivity contribution in [1.29, 1.82) is 0 Å². The third kappa shape index (κ3) is 5.19. The Labute approximate surface area is 215 Å². The molecule has 0 radical (unpaired) electrons. The molecule has 1 aromatic heterocycles. The molecular formula is C30H28N2O3S. The minimum atomic E-state index is -0.218. The molecule has 6 heteroatoms. The van der Waals surface area contributed by atoms with Gasteiger partial charge in [0.1, 0.15) is 5.75 Å². The van der Waals surface area contributed by atoms with Crippen LogP contribution in [0.1, 0.15) is 38.0 Å². The second-order valence-corrected chi connectivity index (χ2v) is 9.87. The van der Waals surface area contributed by atoms with E-state index in [1.807, 2.05) is 83.1 Å². The number of hydrogen-bond donors (Lipinski definition) is 0. The first-order valence-corrected chi connectivity index (χ1v) is 12.9. The molecular weight excluding hydrogens is 468 g/mol. The minimum Gasteiger partial charge on any atom is -0.484 e. The Morgan fingerprint density at radius 1 is 0.972 bits per heavy atom. The van der Waals surface area contributed by atoms with Crippen molar-refractivity contribution in [2.45, 2.75) is 19.0 Å². The number of nitrogens with zero attached hydrogens (tertiary/aromatic N) is 2. The van der Waals surface area contributed by atoms with E-state index in [4.69, 9.17) is 4.74 Å². The molecule has 4 aromatic rings.